The average molecular weight is 390 g/mol. The van der Waals surface area contributed by atoms with Crippen molar-refractivity contribution in [2.45, 2.75) is 32.1 Å². The van der Waals surface area contributed by atoms with Gasteiger partial charge in [0.05, 0.1) is 6.61 Å². The number of aromatic amines is 1. The van der Waals surface area contributed by atoms with Crippen molar-refractivity contribution in [2.75, 3.05) is 39.8 Å². The Labute approximate surface area is 173 Å². The van der Waals surface area contributed by atoms with Crippen LogP contribution < -0.4 is 10.1 Å². The van der Waals surface area contributed by atoms with E-state index in [1.165, 1.54) is 64.8 Å². The van der Waals surface area contributed by atoms with E-state index in [1.54, 1.807) is 0 Å². The van der Waals surface area contributed by atoms with E-state index in [2.05, 4.69) is 58.5 Å². The molecule has 5 rings (SSSR count). The number of rotatable bonds is 5. The first-order valence-electron chi connectivity index (χ1n) is 11.0. The van der Waals surface area contributed by atoms with Crippen molar-refractivity contribution in [1.29, 1.82) is 0 Å². The van der Waals surface area contributed by atoms with Crippen LogP contribution in [0.3, 0.4) is 0 Å². The molecule has 2 N–H and O–H groups in total. The van der Waals surface area contributed by atoms with Gasteiger partial charge in [0.2, 0.25) is 0 Å². The van der Waals surface area contributed by atoms with Crippen LogP contribution in [-0.2, 0) is 6.42 Å². The van der Waals surface area contributed by atoms with Crippen LogP contribution in [0.5, 0.6) is 5.75 Å². The number of nitrogens with zero attached hydrogens (tertiary/aromatic N) is 1. The number of piperidine rings is 1. The number of likely N-dealkylation sites (tertiary alicyclic amines) is 1. The average Bonchev–Trinajstić information content (AvgIpc) is 3.36. The highest BCUT2D eigenvalue weighted by Gasteiger charge is 2.21. The number of H-pyrrole nitrogens is 1. The SMILES string of the molecule is CNCCN1CCC(c2ccc3[nH]c(-c4ccc5c(c4)CCO5)c(C)c3c2)CC1. The van der Waals surface area contributed by atoms with E-state index in [4.69, 9.17) is 4.74 Å². The molecule has 2 aromatic carbocycles. The quantitative estimate of drug-likeness (QED) is 0.676. The third-order valence-corrected chi connectivity index (χ3v) is 6.80. The minimum absolute atomic E-state index is 0.681. The van der Waals surface area contributed by atoms with Crippen molar-refractivity contribution in [3.05, 3.63) is 53.1 Å². The number of aryl methyl sites for hydroxylation is 1. The lowest BCUT2D eigenvalue weighted by Crippen LogP contribution is -2.37. The fraction of sp³-hybridized carbons (Fsp3) is 0.440. The Morgan fingerprint density at radius 3 is 2.83 bits per heavy atom. The summed E-state index contributed by atoms with van der Waals surface area (Å²) in [5, 5.41) is 4.63. The monoisotopic (exact) mass is 389 g/mol. The first-order chi connectivity index (χ1) is 14.2. The topological polar surface area (TPSA) is 40.3 Å². The number of benzene rings is 2. The molecule has 0 unspecified atom stereocenters. The molecule has 0 amide bonds. The third kappa shape index (κ3) is 3.56. The summed E-state index contributed by atoms with van der Waals surface area (Å²) in [5.74, 6) is 1.73. The number of aromatic nitrogens is 1. The Bertz CT molecular complexity index is 1010. The Hall–Kier alpha value is -2.30. The van der Waals surface area contributed by atoms with Gasteiger partial charge < -0.3 is 19.9 Å². The molecule has 1 aromatic heterocycles. The van der Waals surface area contributed by atoms with Crippen LogP contribution in [0.25, 0.3) is 22.2 Å². The van der Waals surface area contributed by atoms with Crippen molar-refractivity contribution in [2.24, 2.45) is 0 Å². The van der Waals surface area contributed by atoms with Crippen molar-refractivity contribution in [1.82, 2.24) is 15.2 Å². The second-order valence-electron chi connectivity index (χ2n) is 8.57. The molecule has 0 atom stereocenters. The number of hydrogen-bond donors (Lipinski definition) is 2. The van der Waals surface area contributed by atoms with E-state index in [1.807, 2.05) is 7.05 Å². The first-order valence-corrected chi connectivity index (χ1v) is 11.0. The van der Waals surface area contributed by atoms with Crippen molar-refractivity contribution in [3.63, 3.8) is 0 Å². The van der Waals surface area contributed by atoms with Crippen LogP contribution in [-0.4, -0.2) is 49.7 Å². The summed E-state index contributed by atoms with van der Waals surface area (Å²) in [6.45, 7) is 7.71. The number of nitrogens with one attached hydrogen (secondary N) is 2. The van der Waals surface area contributed by atoms with Gasteiger partial charge in [-0.1, -0.05) is 6.07 Å². The van der Waals surface area contributed by atoms with Gasteiger partial charge in [0, 0.05) is 36.1 Å². The predicted molar refractivity (Wildman–Crippen MR) is 120 cm³/mol. The molecule has 0 radical (unpaired) electrons. The summed E-state index contributed by atoms with van der Waals surface area (Å²) >= 11 is 0. The number of hydrogen-bond acceptors (Lipinski definition) is 3. The number of ether oxygens (including phenoxy) is 1. The van der Waals surface area contributed by atoms with E-state index in [0.29, 0.717) is 5.92 Å². The molecule has 1 fully saturated rings. The molecule has 0 saturated carbocycles. The van der Waals surface area contributed by atoms with E-state index in [9.17, 15) is 0 Å². The number of likely N-dealkylation sites (N-methyl/N-ethyl adjacent to an activating group) is 1. The molecule has 3 heterocycles. The largest absolute Gasteiger partial charge is 0.493 e. The predicted octanol–water partition coefficient (Wildman–Crippen LogP) is 4.48. The standard InChI is InChI=1S/C25H31N3O/c1-17-22-16-19(18-7-11-28(12-8-18)13-10-26-2)3-5-23(22)27-25(17)21-4-6-24-20(15-21)9-14-29-24/h3-6,15-16,18,26-27H,7-14H2,1-2H3. The molecule has 29 heavy (non-hydrogen) atoms. The molecular formula is C25H31N3O. The fourth-order valence-corrected chi connectivity index (χ4v) is 4.99. The highest BCUT2D eigenvalue weighted by atomic mass is 16.5. The van der Waals surface area contributed by atoms with E-state index < -0.39 is 0 Å². The van der Waals surface area contributed by atoms with Crippen LogP contribution in [0.15, 0.2) is 36.4 Å². The maximum Gasteiger partial charge on any atom is 0.122 e. The molecule has 3 aromatic rings. The number of fused-ring (bicyclic) bond motifs is 2. The van der Waals surface area contributed by atoms with Gasteiger partial charge in [-0.05, 0) is 98.4 Å². The van der Waals surface area contributed by atoms with Gasteiger partial charge in [-0.25, -0.2) is 0 Å². The van der Waals surface area contributed by atoms with E-state index in [0.717, 1.165) is 31.9 Å². The fourth-order valence-electron chi connectivity index (χ4n) is 4.99. The van der Waals surface area contributed by atoms with Crippen molar-refractivity contribution in [3.8, 4) is 17.0 Å². The normalized spacial score (nSPS) is 17.6. The maximum atomic E-state index is 5.67. The molecule has 0 bridgehead atoms. The molecular weight excluding hydrogens is 358 g/mol. The first kappa shape index (κ1) is 18.7. The Morgan fingerprint density at radius 2 is 2.00 bits per heavy atom. The molecule has 152 valence electrons. The summed E-state index contributed by atoms with van der Waals surface area (Å²) in [4.78, 5) is 6.26. The summed E-state index contributed by atoms with van der Waals surface area (Å²) < 4.78 is 5.67. The molecule has 0 spiro atoms. The van der Waals surface area contributed by atoms with Gasteiger partial charge in [-0.3, -0.25) is 0 Å². The smallest absolute Gasteiger partial charge is 0.122 e. The lowest BCUT2D eigenvalue weighted by Gasteiger charge is -2.32. The Balaban J connectivity index is 1.39. The second kappa shape index (κ2) is 7.85. The Morgan fingerprint density at radius 1 is 1.14 bits per heavy atom. The van der Waals surface area contributed by atoms with Gasteiger partial charge in [0.1, 0.15) is 5.75 Å². The van der Waals surface area contributed by atoms with Gasteiger partial charge in [-0.15, -0.1) is 0 Å². The lowest BCUT2D eigenvalue weighted by atomic mass is 9.88. The van der Waals surface area contributed by atoms with Crippen LogP contribution in [0, 0.1) is 6.92 Å². The molecule has 2 aliphatic heterocycles. The van der Waals surface area contributed by atoms with Crippen LogP contribution in [0.2, 0.25) is 0 Å². The van der Waals surface area contributed by atoms with Gasteiger partial charge in [-0.2, -0.15) is 0 Å². The zero-order chi connectivity index (χ0) is 19.8. The summed E-state index contributed by atoms with van der Waals surface area (Å²) in [5.41, 5.74) is 7.93. The van der Waals surface area contributed by atoms with E-state index in [-0.39, 0.29) is 0 Å². The molecule has 0 aliphatic carbocycles. The Kier molecular flexibility index (Phi) is 5.06. The van der Waals surface area contributed by atoms with Gasteiger partial charge in [0.25, 0.3) is 0 Å². The minimum atomic E-state index is 0.681. The van der Waals surface area contributed by atoms with Crippen LogP contribution in [0.4, 0.5) is 0 Å². The molecule has 1 saturated heterocycles. The second-order valence-corrected chi connectivity index (χ2v) is 8.57. The molecule has 4 heteroatoms. The highest BCUT2D eigenvalue weighted by molar-refractivity contribution is 5.91. The molecule has 2 aliphatic rings. The maximum absolute atomic E-state index is 5.67. The van der Waals surface area contributed by atoms with Crippen molar-refractivity contribution < 1.29 is 4.74 Å². The zero-order valence-corrected chi connectivity index (χ0v) is 17.6. The van der Waals surface area contributed by atoms with E-state index >= 15 is 0 Å². The third-order valence-electron chi connectivity index (χ3n) is 6.80. The van der Waals surface area contributed by atoms with Gasteiger partial charge >= 0.3 is 0 Å². The van der Waals surface area contributed by atoms with Gasteiger partial charge in [0.15, 0.2) is 0 Å². The summed E-state index contributed by atoms with van der Waals surface area (Å²) in [6, 6.07) is 13.7. The summed E-state index contributed by atoms with van der Waals surface area (Å²) in [7, 11) is 2.03. The molecule has 4 nitrogen and oxygen atoms in total. The lowest BCUT2D eigenvalue weighted by molar-refractivity contribution is 0.214. The summed E-state index contributed by atoms with van der Waals surface area (Å²) in [6.07, 6.45) is 3.53. The zero-order valence-electron chi connectivity index (χ0n) is 17.6. The minimum Gasteiger partial charge on any atom is -0.493 e. The van der Waals surface area contributed by atoms with Crippen LogP contribution in [0.1, 0.15) is 35.4 Å². The highest BCUT2D eigenvalue weighted by Crippen LogP contribution is 2.36. The van der Waals surface area contributed by atoms with Crippen molar-refractivity contribution >= 4 is 10.9 Å². The van der Waals surface area contributed by atoms with Crippen LogP contribution >= 0.6 is 0 Å².